The fourth-order valence-electron chi connectivity index (χ4n) is 2.49. The molecule has 0 aliphatic heterocycles. The molecule has 1 aromatic rings. The number of benzene rings is 1. The van der Waals surface area contributed by atoms with Gasteiger partial charge in [0.15, 0.2) is 0 Å². The zero-order valence-electron chi connectivity index (χ0n) is 13.7. The van der Waals surface area contributed by atoms with Crippen molar-refractivity contribution in [3.8, 4) is 0 Å². The number of nitrogens with one attached hydrogen (secondary N) is 1. The Labute approximate surface area is 129 Å². The third-order valence-electron chi connectivity index (χ3n) is 3.66. The minimum absolute atomic E-state index is 0.0740. The molecule has 0 amide bonds. The van der Waals surface area contributed by atoms with Crippen molar-refractivity contribution in [1.82, 2.24) is 0 Å². The molecule has 0 aliphatic rings. The summed E-state index contributed by atoms with van der Waals surface area (Å²) < 4.78 is 4.92. The van der Waals surface area contributed by atoms with Gasteiger partial charge in [-0.3, -0.25) is 4.79 Å². The summed E-state index contributed by atoms with van der Waals surface area (Å²) in [5.41, 5.74) is 4.09. The highest BCUT2D eigenvalue weighted by Crippen LogP contribution is 2.22. The fraction of sp³-hybridized carbons (Fsp3) is 0.611. The summed E-state index contributed by atoms with van der Waals surface area (Å²) in [6.45, 7) is 7.68. The van der Waals surface area contributed by atoms with Gasteiger partial charge in [-0.2, -0.15) is 0 Å². The summed E-state index contributed by atoms with van der Waals surface area (Å²) in [7, 11) is 0. The van der Waals surface area contributed by atoms with Crippen LogP contribution in [-0.2, 0) is 22.4 Å². The molecular formula is C18H29NO2. The monoisotopic (exact) mass is 291 g/mol. The van der Waals surface area contributed by atoms with Crippen molar-refractivity contribution in [2.45, 2.75) is 59.3 Å². The summed E-state index contributed by atoms with van der Waals surface area (Å²) >= 11 is 0. The number of carbonyl (C=O) groups excluding carboxylic acids is 1. The first-order chi connectivity index (χ1) is 10.2. The Morgan fingerprint density at radius 1 is 1.05 bits per heavy atom. The first-order valence-corrected chi connectivity index (χ1v) is 8.23. The Bertz CT molecular complexity index is 407. The molecule has 0 bridgehead atoms. The maximum atomic E-state index is 11.2. The van der Waals surface area contributed by atoms with E-state index in [0.717, 1.165) is 38.6 Å². The Hall–Kier alpha value is -1.51. The summed E-state index contributed by atoms with van der Waals surface area (Å²) in [6.07, 6.45) is 5.70. The van der Waals surface area contributed by atoms with E-state index in [2.05, 4.69) is 37.4 Å². The summed E-state index contributed by atoms with van der Waals surface area (Å²) in [4.78, 5) is 11.2. The summed E-state index contributed by atoms with van der Waals surface area (Å²) in [5.74, 6) is -0.0740. The second-order valence-corrected chi connectivity index (χ2v) is 5.20. The van der Waals surface area contributed by atoms with Gasteiger partial charge >= 0.3 is 5.97 Å². The van der Waals surface area contributed by atoms with E-state index in [-0.39, 0.29) is 5.97 Å². The van der Waals surface area contributed by atoms with Crippen LogP contribution < -0.4 is 5.32 Å². The summed E-state index contributed by atoms with van der Waals surface area (Å²) in [6, 6.07) is 6.53. The van der Waals surface area contributed by atoms with E-state index in [1.54, 1.807) is 0 Å². The number of ether oxygens (including phenoxy) is 1. The highest BCUT2D eigenvalue weighted by atomic mass is 16.5. The van der Waals surface area contributed by atoms with Crippen molar-refractivity contribution in [2.75, 3.05) is 18.5 Å². The van der Waals surface area contributed by atoms with E-state index in [0.29, 0.717) is 13.0 Å². The van der Waals surface area contributed by atoms with Crippen molar-refractivity contribution in [3.63, 3.8) is 0 Å². The van der Waals surface area contributed by atoms with E-state index in [9.17, 15) is 4.79 Å². The molecule has 21 heavy (non-hydrogen) atoms. The van der Waals surface area contributed by atoms with Crippen LogP contribution in [0.5, 0.6) is 0 Å². The number of esters is 1. The van der Waals surface area contributed by atoms with Crippen molar-refractivity contribution < 1.29 is 9.53 Å². The van der Waals surface area contributed by atoms with Gasteiger partial charge in [0.1, 0.15) is 0 Å². The zero-order valence-corrected chi connectivity index (χ0v) is 13.7. The summed E-state index contributed by atoms with van der Waals surface area (Å²) in [5, 5.41) is 3.58. The van der Waals surface area contributed by atoms with Gasteiger partial charge in [-0.25, -0.2) is 0 Å². The van der Waals surface area contributed by atoms with Crippen LogP contribution >= 0.6 is 0 Å². The number of unbranched alkanes of at least 4 members (excludes halogenated alkanes) is 2. The fourth-order valence-corrected chi connectivity index (χ4v) is 2.49. The molecule has 0 saturated heterocycles. The van der Waals surface area contributed by atoms with Crippen LogP contribution in [0.25, 0.3) is 0 Å². The van der Waals surface area contributed by atoms with Crippen LogP contribution in [0.15, 0.2) is 18.2 Å². The van der Waals surface area contributed by atoms with Crippen LogP contribution in [0.3, 0.4) is 0 Å². The second-order valence-electron chi connectivity index (χ2n) is 5.20. The van der Waals surface area contributed by atoms with Gasteiger partial charge in [0.25, 0.3) is 0 Å². The van der Waals surface area contributed by atoms with E-state index < -0.39 is 0 Å². The Morgan fingerprint density at radius 3 is 2.29 bits per heavy atom. The van der Waals surface area contributed by atoms with Crippen molar-refractivity contribution in [1.29, 1.82) is 0 Å². The maximum absolute atomic E-state index is 11.2. The van der Waals surface area contributed by atoms with Gasteiger partial charge in [0.05, 0.1) is 6.61 Å². The van der Waals surface area contributed by atoms with Gasteiger partial charge < -0.3 is 10.1 Å². The lowest BCUT2D eigenvalue weighted by Gasteiger charge is -2.15. The number of hydrogen-bond donors (Lipinski definition) is 1. The van der Waals surface area contributed by atoms with Crippen LogP contribution in [0.4, 0.5) is 5.69 Å². The van der Waals surface area contributed by atoms with Gasteiger partial charge in [-0.05, 0) is 43.7 Å². The van der Waals surface area contributed by atoms with E-state index in [1.807, 2.05) is 6.92 Å². The molecule has 0 fully saturated rings. The zero-order chi connectivity index (χ0) is 15.5. The highest BCUT2D eigenvalue weighted by molar-refractivity contribution is 5.69. The first kappa shape index (κ1) is 17.5. The third kappa shape index (κ3) is 6.19. The molecular weight excluding hydrogens is 262 g/mol. The van der Waals surface area contributed by atoms with E-state index >= 15 is 0 Å². The predicted octanol–water partition coefficient (Wildman–Crippen LogP) is 4.35. The number of para-hydroxylation sites is 1. The van der Waals surface area contributed by atoms with Crippen LogP contribution in [0.1, 0.15) is 57.6 Å². The second kappa shape index (κ2) is 10.3. The van der Waals surface area contributed by atoms with Crippen LogP contribution in [-0.4, -0.2) is 19.1 Å². The largest absolute Gasteiger partial charge is 0.466 e. The predicted molar refractivity (Wildman–Crippen MR) is 88.8 cm³/mol. The van der Waals surface area contributed by atoms with Crippen molar-refractivity contribution >= 4 is 11.7 Å². The van der Waals surface area contributed by atoms with Gasteiger partial charge in [0.2, 0.25) is 0 Å². The average Bonchev–Trinajstić information content (AvgIpc) is 2.50. The number of anilines is 1. The molecule has 1 rings (SSSR count). The topological polar surface area (TPSA) is 38.3 Å². The first-order valence-electron chi connectivity index (χ1n) is 8.23. The number of rotatable bonds is 10. The quantitative estimate of drug-likeness (QED) is 0.514. The molecule has 1 N–H and O–H groups in total. The molecule has 1 aromatic carbocycles. The molecule has 118 valence electrons. The molecule has 0 saturated carbocycles. The number of carbonyl (C=O) groups is 1. The lowest BCUT2D eigenvalue weighted by atomic mass is 10.0. The molecule has 0 aromatic heterocycles. The van der Waals surface area contributed by atoms with E-state index in [4.69, 9.17) is 4.74 Å². The maximum Gasteiger partial charge on any atom is 0.305 e. The molecule has 3 heteroatoms. The van der Waals surface area contributed by atoms with Gasteiger partial charge in [0, 0.05) is 18.7 Å². The number of aryl methyl sites for hydroxylation is 2. The molecule has 0 unspecified atom stereocenters. The smallest absolute Gasteiger partial charge is 0.305 e. The third-order valence-corrected chi connectivity index (χ3v) is 3.66. The van der Waals surface area contributed by atoms with Gasteiger partial charge in [-0.1, -0.05) is 38.5 Å². The molecule has 0 spiro atoms. The Morgan fingerprint density at radius 2 is 1.71 bits per heavy atom. The molecule has 3 nitrogen and oxygen atoms in total. The minimum atomic E-state index is -0.0740. The van der Waals surface area contributed by atoms with Crippen molar-refractivity contribution in [3.05, 3.63) is 29.3 Å². The minimum Gasteiger partial charge on any atom is -0.466 e. The van der Waals surface area contributed by atoms with Crippen molar-refractivity contribution in [2.24, 2.45) is 0 Å². The van der Waals surface area contributed by atoms with Gasteiger partial charge in [-0.15, -0.1) is 0 Å². The molecule has 0 atom stereocenters. The Balaban J connectivity index is 2.31. The SMILES string of the molecule is CCOC(=O)CCCCCNc1c(CC)cccc1CC. The standard InChI is InChI=1S/C18H29NO2/c1-4-15-11-10-12-16(5-2)18(15)19-14-9-7-8-13-17(20)21-6-3/h10-12,19H,4-9,13-14H2,1-3H3. The molecule has 0 radical (unpaired) electrons. The van der Waals surface area contributed by atoms with Crippen LogP contribution in [0, 0.1) is 0 Å². The van der Waals surface area contributed by atoms with E-state index in [1.165, 1.54) is 16.8 Å². The lowest BCUT2D eigenvalue weighted by Crippen LogP contribution is -2.07. The van der Waals surface area contributed by atoms with Crippen LogP contribution in [0.2, 0.25) is 0 Å². The normalized spacial score (nSPS) is 10.4. The highest BCUT2D eigenvalue weighted by Gasteiger charge is 2.05. The average molecular weight is 291 g/mol. The Kier molecular flexibility index (Phi) is 8.56. The lowest BCUT2D eigenvalue weighted by molar-refractivity contribution is -0.143. The molecule has 0 heterocycles. The molecule has 0 aliphatic carbocycles. The number of hydrogen-bond acceptors (Lipinski definition) is 3.